The zero-order valence-corrected chi connectivity index (χ0v) is 12.2. The van der Waals surface area contributed by atoms with E-state index in [1.54, 1.807) is 0 Å². The van der Waals surface area contributed by atoms with Gasteiger partial charge in [-0.3, -0.25) is 14.9 Å². The van der Waals surface area contributed by atoms with Gasteiger partial charge in [-0.05, 0) is 19.4 Å². The molecule has 0 unspecified atom stereocenters. The molecule has 1 rings (SSSR count). The van der Waals surface area contributed by atoms with E-state index in [0.29, 0.717) is 0 Å². The molecular formula is C14H16N2O6. The van der Waals surface area contributed by atoms with Crippen molar-refractivity contribution >= 4 is 23.3 Å². The number of benzene rings is 1. The highest BCUT2D eigenvalue weighted by molar-refractivity contribution is 5.97. The second-order valence-corrected chi connectivity index (χ2v) is 4.60. The van der Waals surface area contributed by atoms with Crippen molar-refractivity contribution in [3.8, 4) is 0 Å². The molecule has 0 saturated carbocycles. The Bertz CT molecular complexity index is 599. The van der Waals surface area contributed by atoms with Crippen molar-refractivity contribution < 1.29 is 24.0 Å². The summed E-state index contributed by atoms with van der Waals surface area (Å²) in [7, 11) is 1.17. The SMILES string of the molecule is COC(=O)[C@@H](CCC(C)=O)NC(=O)c1cccc([N+](=O)[O-])c1. The number of non-ortho nitro benzene ring substituents is 1. The molecule has 0 heterocycles. The van der Waals surface area contributed by atoms with E-state index in [4.69, 9.17) is 0 Å². The number of Topliss-reactive ketones (excluding diaryl/α,β-unsaturated/α-hetero) is 1. The number of hydrogen-bond acceptors (Lipinski definition) is 6. The lowest BCUT2D eigenvalue weighted by atomic mass is 10.1. The number of ether oxygens (including phenoxy) is 1. The minimum Gasteiger partial charge on any atom is -0.467 e. The Kier molecular flexibility index (Phi) is 6.18. The minimum atomic E-state index is -0.985. The van der Waals surface area contributed by atoms with Gasteiger partial charge >= 0.3 is 5.97 Å². The van der Waals surface area contributed by atoms with Gasteiger partial charge in [0, 0.05) is 24.1 Å². The number of ketones is 1. The molecule has 1 aromatic carbocycles. The number of rotatable bonds is 7. The molecule has 0 radical (unpaired) electrons. The summed E-state index contributed by atoms with van der Waals surface area (Å²) in [6, 6.07) is 4.14. The first kappa shape index (κ1) is 17.3. The fourth-order valence-corrected chi connectivity index (χ4v) is 1.74. The Labute approximate surface area is 126 Å². The number of carbonyl (C=O) groups excluding carboxylic acids is 3. The molecule has 0 aromatic heterocycles. The topological polar surface area (TPSA) is 116 Å². The highest BCUT2D eigenvalue weighted by Gasteiger charge is 2.23. The molecule has 0 aliphatic carbocycles. The number of nitrogens with one attached hydrogen (secondary N) is 1. The lowest BCUT2D eigenvalue weighted by molar-refractivity contribution is -0.384. The van der Waals surface area contributed by atoms with E-state index in [0.717, 1.165) is 6.07 Å². The first-order valence-electron chi connectivity index (χ1n) is 6.47. The Morgan fingerprint density at radius 3 is 2.59 bits per heavy atom. The van der Waals surface area contributed by atoms with Crippen LogP contribution in [0.3, 0.4) is 0 Å². The molecular weight excluding hydrogens is 292 g/mol. The zero-order valence-electron chi connectivity index (χ0n) is 12.2. The van der Waals surface area contributed by atoms with Gasteiger partial charge in [0.25, 0.3) is 11.6 Å². The number of esters is 1. The smallest absolute Gasteiger partial charge is 0.328 e. The highest BCUT2D eigenvalue weighted by Crippen LogP contribution is 2.13. The van der Waals surface area contributed by atoms with Gasteiger partial charge in [0.2, 0.25) is 0 Å². The van der Waals surface area contributed by atoms with Crippen molar-refractivity contribution in [3.63, 3.8) is 0 Å². The van der Waals surface area contributed by atoms with Crippen LogP contribution in [0.2, 0.25) is 0 Å². The Morgan fingerprint density at radius 2 is 2.05 bits per heavy atom. The summed E-state index contributed by atoms with van der Waals surface area (Å²) < 4.78 is 4.57. The van der Waals surface area contributed by atoms with Crippen LogP contribution in [0, 0.1) is 10.1 Å². The fourth-order valence-electron chi connectivity index (χ4n) is 1.74. The molecule has 8 heteroatoms. The molecule has 0 fully saturated rings. The van der Waals surface area contributed by atoms with Crippen molar-refractivity contribution in [2.75, 3.05) is 7.11 Å². The summed E-state index contributed by atoms with van der Waals surface area (Å²) in [5.74, 6) is -1.46. The van der Waals surface area contributed by atoms with E-state index >= 15 is 0 Å². The van der Waals surface area contributed by atoms with Gasteiger partial charge in [0.1, 0.15) is 11.8 Å². The van der Waals surface area contributed by atoms with Gasteiger partial charge in [0.15, 0.2) is 0 Å². The lowest BCUT2D eigenvalue weighted by Crippen LogP contribution is -2.41. The van der Waals surface area contributed by atoms with Crippen molar-refractivity contribution in [1.29, 1.82) is 0 Å². The van der Waals surface area contributed by atoms with Crippen LogP contribution in [0.1, 0.15) is 30.1 Å². The molecule has 1 atom stereocenters. The molecule has 118 valence electrons. The van der Waals surface area contributed by atoms with Crippen molar-refractivity contribution in [2.45, 2.75) is 25.8 Å². The molecule has 0 spiro atoms. The standard InChI is InChI=1S/C14H16N2O6/c1-9(17)6-7-12(14(19)22-2)15-13(18)10-4-3-5-11(8-10)16(20)21/h3-5,8,12H,6-7H2,1-2H3,(H,15,18)/t12-/m1/s1. The molecule has 0 bridgehead atoms. The second-order valence-electron chi connectivity index (χ2n) is 4.60. The third-order valence-corrected chi connectivity index (χ3v) is 2.90. The Hall–Kier alpha value is -2.77. The lowest BCUT2D eigenvalue weighted by Gasteiger charge is -2.15. The number of nitro groups is 1. The van der Waals surface area contributed by atoms with Crippen LogP contribution in [0.4, 0.5) is 5.69 Å². The first-order chi connectivity index (χ1) is 10.3. The summed E-state index contributed by atoms with van der Waals surface area (Å²) in [6.45, 7) is 1.37. The van der Waals surface area contributed by atoms with Crippen LogP contribution < -0.4 is 5.32 Å². The maximum Gasteiger partial charge on any atom is 0.328 e. The van der Waals surface area contributed by atoms with E-state index < -0.39 is 22.8 Å². The minimum absolute atomic E-state index is 0.0472. The predicted octanol–water partition coefficient (Wildman–Crippen LogP) is 1.24. The third-order valence-electron chi connectivity index (χ3n) is 2.90. The van der Waals surface area contributed by atoms with Gasteiger partial charge in [0.05, 0.1) is 12.0 Å². The van der Waals surface area contributed by atoms with E-state index in [1.807, 2.05) is 0 Å². The largest absolute Gasteiger partial charge is 0.467 e. The second kappa shape index (κ2) is 7.87. The van der Waals surface area contributed by atoms with Gasteiger partial charge in [-0.15, -0.1) is 0 Å². The van der Waals surface area contributed by atoms with Crippen LogP contribution in [-0.4, -0.2) is 35.7 Å². The van der Waals surface area contributed by atoms with Crippen LogP contribution in [0.15, 0.2) is 24.3 Å². The molecule has 0 aliphatic heterocycles. The summed E-state index contributed by atoms with van der Waals surface area (Å²) in [4.78, 5) is 44.7. The third kappa shape index (κ3) is 4.97. The van der Waals surface area contributed by atoms with Crippen molar-refractivity contribution in [3.05, 3.63) is 39.9 Å². The van der Waals surface area contributed by atoms with Crippen LogP contribution in [0.25, 0.3) is 0 Å². The quantitative estimate of drug-likeness (QED) is 0.460. The monoisotopic (exact) mass is 308 g/mol. The Morgan fingerprint density at radius 1 is 1.36 bits per heavy atom. The van der Waals surface area contributed by atoms with Gasteiger partial charge in [-0.2, -0.15) is 0 Å². The van der Waals surface area contributed by atoms with Crippen LogP contribution >= 0.6 is 0 Å². The number of hydrogen-bond donors (Lipinski definition) is 1. The number of amides is 1. The van der Waals surface area contributed by atoms with Gasteiger partial charge < -0.3 is 14.8 Å². The van der Waals surface area contributed by atoms with E-state index in [-0.39, 0.29) is 29.9 Å². The first-order valence-corrected chi connectivity index (χ1v) is 6.47. The maximum absolute atomic E-state index is 12.1. The fraction of sp³-hybridized carbons (Fsp3) is 0.357. The predicted molar refractivity (Wildman–Crippen MR) is 76.3 cm³/mol. The highest BCUT2D eigenvalue weighted by atomic mass is 16.6. The molecule has 8 nitrogen and oxygen atoms in total. The summed E-state index contributed by atoms with van der Waals surface area (Å²) in [5, 5.41) is 13.1. The normalized spacial score (nSPS) is 11.4. The van der Waals surface area contributed by atoms with E-state index in [1.165, 1.54) is 32.2 Å². The number of nitro benzene ring substituents is 1. The van der Waals surface area contributed by atoms with E-state index in [2.05, 4.69) is 10.1 Å². The summed E-state index contributed by atoms with van der Waals surface area (Å²) in [6.07, 6.45) is 0.206. The molecule has 22 heavy (non-hydrogen) atoms. The number of carbonyl (C=O) groups is 3. The number of methoxy groups -OCH3 is 1. The van der Waals surface area contributed by atoms with Gasteiger partial charge in [-0.1, -0.05) is 6.07 Å². The molecule has 1 amide bonds. The van der Waals surface area contributed by atoms with Gasteiger partial charge in [-0.25, -0.2) is 4.79 Å². The van der Waals surface area contributed by atoms with Crippen LogP contribution in [0.5, 0.6) is 0 Å². The maximum atomic E-state index is 12.1. The average Bonchev–Trinajstić information content (AvgIpc) is 2.50. The number of nitrogens with zero attached hydrogens (tertiary/aromatic N) is 1. The molecule has 1 aromatic rings. The summed E-state index contributed by atoms with van der Waals surface area (Å²) >= 11 is 0. The zero-order chi connectivity index (χ0) is 16.7. The molecule has 0 saturated heterocycles. The van der Waals surface area contributed by atoms with Crippen molar-refractivity contribution in [1.82, 2.24) is 5.32 Å². The Balaban J connectivity index is 2.85. The van der Waals surface area contributed by atoms with Crippen LogP contribution in [-0.2, 0) is 14.3 Å². The molecule has 0 aliphatic rings. The van der Waals surface area contributed by atoms with Crippen molar-refractivity contribution in [2.24, 2.45) is 0 Å². The summed E-state index contributed by atoms with van der Waals surface area (Å²) in [5.41, 5.74) is -0.183. The van der Waals surface area contributed by atoms with E-state index in [9.17, 15) is 24.5 Å². The average molecular weight is 308 g/mol. The molecule has 1 N–H and O–H groups in total.